The first kappa shape index (κ1) is 16.2. The summed E-state index contributed by atoms with van der Waals surface area (Å²) in [5, 5.41) is 3.68. The van der Waals surface area contributed by atoms with E-state index in [4.69, 9.17) is 0 Å². The Kier molecular flexibility index (Phi) is 4.82. The van der Waals surface area contributed by atoms with Crippen LogP contribution in [-0.2, 0) is 9.84 Å². The lowest BCUT2D eigenvalue weighted by atomic mass is 9.87. The highest BCUT2D eigenvalue weighted by Crippen LogP contribution is 2.38. The molecule has 0 aromatic heterocycles. The Morgan fingerprint density at radius 3 is 2.45 bits per heavy atom. The van der Waals surface area contributed by atoms with Crippen molar-refractivity contribution in [3.8, 4) is 0 Å². The predicted molar refractivity (Wildman–Crippen MR) is 83.8 cm³/mol. The van der Waals surface area contributed by atoms with Gasteiger partial charge in [0.15, 0.2) is 0 Å². The molecule has 118 valence electrons. The van der Waals surface area contributed by atoms with E-state index >= 15 is 0 Å². The number of piperazine rings is 1. The molecule has 0 aromatic carbocycles. The monoisotopic (exact) mass is 302 g/mol. The molecular formula is C15H30N2O2S. The summed E-state index contributed by atoms with van der Waals surface area (Å²) in [5.41, 5.74) is 0.433. The molecule has 2 fully saturated rings. The minimum Gasteiger partial charge on any atom is -0.309 e. The van der Waals surface area contributed by atoms with Gasteiger partial charge >= 0.3 is 0 Å². The van der Waals surface area contributed by atoms with Crippen molar-refractivity contribution in [1.29, 1.82) is 0 Å². The van der Waals surface area contributed by atoms with E-state index in [2.05, 4.69) is 24.1 Å². The van der Waals surface area contributed by atoms with Crippen molar-refractivity contribution in [3.05, 3.63) is 0 Å². The molecule has 0 atom stereocenters. The van der Waals surface area contributed by atoms with Crippen LogP contribution in [-0.4, -0.2) is 55.5 Å². The van der Waals surface area contributed by atoms with Crippen LogP contribution in [0.4, 0.5) is 0 Å². The van der Waals surface area contributed by atoms with Gasteiger partial charge in [0.05, 0.1) is 5.75 Å². The van der Waals surface area contributed by atoms with Gasteiger partial charge in [0, 0.05) is 29.9 Å². The summed E-state index contributed by atoms with van der Waals surface area (Å²) in [7, 11) is -2.83. The lowest BCUT2D eigenvalue weighted by molar-refractivity contribution is 0.0193. The van der Waals surface area contributed by atoms with Gasteiger partial charge in [0.2, 0.25) is 0 Å². The summed E-state index contributed by atoms with van der Waals surface area (Å²) in [6, 6.07) is 0. The quantitative estimate of drug-likeness (QED) is 0.841. The average molecular weight is 302 g/mol. The van der Waals surface area contributed by atoms with E-state index in [1.807, 2.05) is 0 Å². The SMILES string of the molecule is CCS(=O)(=O)CCCN1CC(C)(C)NCC12CCCC2. The van der Waals surface area contributed by atoms with Crippen LogP contribution >= 0.6 is 0 Å². The van der Waals surface area contributed by atoms with E-state index in [1.165, 1.54) is 25.7 Å². The number of hydrogen-bond acceptors (Lipinski definition) is 4. The first-order valence-corrected chi connectivity index (χ1v) is 9.81. The first-order valence-electron chi connectivity index (χ1n) is 7.99. The summed E-state index contributed by atoms with van der Waals surface area (Å²) in [5.74, 6) is 0.606. The highest BCUT2D eigenvalue weighted by atomic mass is 32.2. The minimum atomic E-state index is -2.83. The molecule has 4 nitrogen and oxygen atoms in total. The zero-order valence-corrected chi connectivity index (χ0v) is 14.1. The fraction of sp³-hybridized carbons (Fsp3) is 1.00. The maximum Gasteiger partial charge on any atom is 0.150 e. The van der Waals surface area contributed by atoms with Crippen LogP contribution in [0.15, 0.2) is 0 Å². The molecule has 0 aromatic rings. The van der Waals surface area contributed by atoms with E-state index in [1.54, 1.807) is 6.92 Å². The number of rotatable bonds is 5. The topological polar surface area (TPSA) is 49.4 Å². The van der Waals surface area contributed by atoms with Crippen molar-refractivity contribution in [2.45, 2.75) is 64.0 Å². The van der Waals surface area contributed by atoms with Crippen molar-refractivity contribution >= 4 is 9.84 Å². The van der Waals surface area contributed by atoms with Gasteiger partial charge in [-0.05, 0) is 39.7 Å². The van der Waals surface area contributed by atoms with Crippen molar-refractivity contribution in [2.24, 2.45) is 0 Å². The van der Waals surface area contributed by atoms with Gasteiger partial charge in [-0.15, -0.1) is 0 Å². The molecule has 20 heavy (non-hydrogen) atoms. The van der Waals surface area contributed by atoms with E-state index in [9.17, 15) is 8.42 Å². The second-order valence-electron chi connectivity index (χ2n) is 7.18. The van der Waals surface area contributed by atoms with Crippen LogP contribution in [0, 0.1) is 0 Å². The maximum atomic E-state index is 11.7. The predicted octanol–water partition coefficient (Wildman–Crippen LogP) is 1.81. The van der Waals surface area contributed by atoms with Crippen LogP contribution in [0.5, 0.6) is 0 Å². The fourth-order valence-electron chi connectivity index (χ4n) is 3.68. The number of sulfone groups is 1. The summed E-state index contributed by atoms with van der Waals surface area (Å²) >= 11 is 0. The van der Waals surface area contributed by atoms with Crippen LogP contribution < -0.4 is 5.32 Å². The Bertz CT molecular complexity index is 425. The van der Waals surface area contributed by atoms with Crippen LogP contribution in [0.1, 0.15) is 52.9 Å². The normalized spacial score (nSPS) is 26.1. The van der Waals surface area contributed by atoms with Gasteiger partial charge in [-0.1, -0.05) is 19.8 Å². The van der Waals surface area contributed by atoms with Crippen molar-refractivity contribution in [2.75, 3.05) is 31.1 Å². The number of nitrogens with one attached hydrogen (secondary N) is 1. The summed E-state index contributed by atoms with van der Waals surface area (Å²) in [6.07, 6.45) is 5.92. The standard InChI is InChI=1S/C15H30N2O2S/c1-4-20(18,19)11-7-10-17-13-14(2,3)16-12-15(17)8-5-6-9-15/h16H,4-13H2,1-3H3. The molecule has 0 radical (unpaired) electrons. The molecule has 1 heterocycles. The smallest absolute Gasteiger partial charge is 0.150 e. The number of hydrogen-bond donors (Lipinski definition) is 1. The van der Waals surface area contributed by atoms with E-state index < -0.39 is 9.84 Å². The summed E-state index contributed by atoms with van der Waals surface area (Å²) in [6.45, 7) is 9.22. The van der Waals surface area contributed by atoms with E-state index in [-0.39, 0.29) is 11.3 Å². The summed E-state index contributed by atoms with van der Waals surface area (Å²) < 4.78 is 23.3. The van der Waals surface area contributed by atoms with Crippen LogP contribution in [0.25, 0.3) is 0 Å². The zero-order valence-electron chi connectivity index (χ0n) is 13.2. The van der Waals surface area contributed by atoms with Gasteiger partial charge in [0.25, 0.3) is 0 Å². The molecule has 0 bridgehead atoms. The molecule has 2 aliphatic rings. The highest BCUT2D eigenvalue weighted by molar-refractivity contribution is 7.91. The van der Waals surface area contributed by atoms with E-state index in [0.29, 0.717) is 11.3 Å². The second kappa shape index (κ2) is 5.93. The van der Waals surface area contributed by atoms with Crippen molar-refractivity contribution in [3.63, 3.8) is 0 Å². The molecule has 0 amide bonds. The van der Waals surface area contributed by atoms with Gasteiger partial charge in [0.1, 0.15) is 9.84 Å². The molecule has 1 N–H and O–H groups in total. The molecule has 1 spiro atoms. The largest absolute Gasteiger partial charge is 0.309 e. The van der Waals surface area contributed by atoms with Crippen molar-refractivity contribution in [1.82, 2.24) is 10.2 Å². The zero-order chi connectivity index (χ0) is 14.9. The highest BCUT2D eigenvalue weighted by Gasteiger charge is 2.45. The Morgan fingerprint density at radius 1 is 1.20 bits per heavy atom. The Morgan fingerprint density at radius 2 is 1.85 bits per heavy atom. The molecule has 5 heteroatoms. The molecule has 0 unspecified atom stereocenters. The van der Waals surface area contributed by atoms with Gasteiger partial charge in [-0.2, -0.15) is 0 Å². The van der Waals surface area contributed by atoms with Gasteiger partial charge in [-0.25, -0.2) is 8.42 Å². The Labute approximate surface area is 124 Å². The van der Waals surface area contributed by atoms with Gasteiger partial charge < -0.3 is 5.32 Å². The molecule has 2 rings (SSSR count). The Hall–Kier alpha value is -0.130. The first-order chi connectivity index (χ1) is 9.29. The van der Waals surface area contributed by atoms with Gasteiger partial charge in [-0.3, -0.25) is 4.90 Å². The fourth-order valence-corrected chi connectivity index (χ4v) is 4.54. The molecule has 1 aliphatic carbocycles. The average Bonchev–Trinajstić information content (AvgIpc) is 2.84. The third-order valence-corrected chi connectivity index (χ3v) is 6.80. The van der Waals surface area contributed by atoms with Crippen LogP contribution in [0.3, 0.4) is 0 Å². The van der Waals surface area contributed by atoms with E-state index in [0.717, 1.165) is 26.1 Å². The maximum absolute atomic E-state index is 11.7. The molecular weight excluding hydrogens is 272 g/mol. The van der Waals surface area contributed by atoms with Crippen LogP contribution in [0.2, 0.25) is 0 Å². The lowest BCUT2D eigenvalue weighted by Crippen LogP contribution is -2.67. The lowest BCUT2D eigenvalue weighted by Gasteiger charge is -2.51. The third kappa shape index (κ3) is 3.74. The molecule has 1 saturated heterocycles. The second-order valence-corrected chi connectivity index (χ2v) is 9.65. The minimum absolute atomic E-state index is 0.136. The molecule has 1 saturated carbocycles. The molecule has 1 aliphatic heterocycles. The third-order valence-electron chi connectivity index (χ3n) is 5.01. The summed E-state index contributed by atoms with van der Waals surface area (Å²) in [4.78, 5) is 2.58. The van der Waals surface area contributed by atoms with Crippen molar-refractivity contribution < 1.29 is 8.42 Å². The Balaban J connectivity index is 1.98. The number of nitrogens with zero attached hydrogens (tertiary/aromatic N) is 1.